The Balaban J connectivity index is 2.42. The minimum Gasteiger partial charge on any atom is -0.497 e. The maximum absolute atomic E-state index is 11.9. The van der Waals surface area contributed by atoms with Gasteiger partial charge in [-0.15, -0.1) is 0 Å². The first kappa shape index (κ1) is 13.1. The van der Waals surface area contributed by atoms with Crippen LogP contribution in [0.3, 0.4) is 0 Å². The standard InChI is InChI=1S/C14H17N3O2/c1-9-4-10(2)17(14(18)16-9)8-11-5-12(15)7-13(6-11)19-3/h4-7H,8,15H2,1-3H3. The predicted octanol–water partition coefficient (Wildman–Crippen LogP) is 1.50. The first-order valence-corrected chi connectivity index (χ1v) is 5.98. The van der Waals surface area contributed by atoms with Gasteiger partial charge in [0.2, 0.25) is 0 Å². The second-order valence-corrected chi connectivity index (χ2v) is 4.52. The lowest BCUT2D eigenvalue weighted by molar-refractivity contribution is 0.414. The van der Waals surface area contributed by atoms with E-state index in [0.29, 0.717) is 18.0 Å². The molecular formula is C14H17N3O2. The lowest BCUT2D eigenvalue weighted by Crippen LogP contribution is -2.26. The van der Waals surface area contributed by atoms with Gasteiger partial charge in [0.05, 0.1) is 13.7 Å². The third kappa shape index (κ3) is 2.93. The van der Waals surface area contributed by atoms with Gasteiger partial charge in [-0.05, 0) is 37.6 Å². The summed E-state index contributed by atoms with van der Waals surface area (Å²) < 4.78 is 6.78. The van der Waals surface area contributed by atoms with E-state index in [-0.39, 0.29) is 5.69 Å². The van der Waals surface area contributed by atoms with Crippen LogP contribution in [0.2, 0.25) is 0 Å². The zero-order chi connectivity index (χ0) is 14.0. The second-order valence-electron chi connectivity index (χ2n) is 4.52. The Bertz CT molecular complexity index is 662. The molecule has 0 aliphatic rings. The molecular weight excluding hydrogens is 242 g/mol. The van der Waals surface area contributed by atoms with Crippen molar-refractivity contribution < 1.29 is 4.74 Å². The number of nitrogens with two attached hydrogens (primary N) is 1. The molecule has 1 aromatic heterocycles. The largest absolute Gasteiger partial charge is 0.497 e. The van der Waals surface area contributed by atoms with Crippen molar-refractivity contribution in [2.24, 2.45) is 0 Å². The quantitative estimate of drug-likeness (QED) is 0.848. The van der Waals surface area contributed by atoms with E-state index < -0.39 is 0 Å². The van der Waals surface area contributed by atoms with E-state index in [1.54, 1.807) is 17.7 Å². The van der Waals surface area contributed by atoms with Crippen LogP contribution in [0.4, 0.5) is 5.69 Å². The SMILES string of the molecule is COc1cc(N)cc(Cn2c(C)cc(C)nc2=O)c1. The van der Waals surface area contributed by atoms with Gasteiger partial charge in [-0.2, -0.15) is 4.98 Å². The number of aryl methyl sites for hydroxylation is 2. The van der Waals surface area contributed by atoms with E-state index >= 15 is 0 Å². The molecule has 1 heterocycles. The molecule has 2 N–H and O–H groups in total. The Morgan fingerprint density at radius 3 is 2.63 bits per heavy atom. The van der Waals surface area contributed by atoms with Crippen molar-refractivity contribution in [3.8, 4) is 5.75 Å². The van der Waals surface area contributed by atoms with Gasteiger partial charge in [0.25, 0.3) is 0 Å². The van der Waals surface area contributed by atoms with Crippen LogP contribution >= 0.6 is 0 Å². The van der Waals surface area contributed by atoms with Crippen molar-refractivity contribution in [2.45, 2.75) is 20.4 Å². The van der Waals surface area contributed by atoms with E-state index in [1.807, 2.05) is 32.0 Å². The highest BCUT2D eigenvalue weighted by Gasteiger charge is 2.06. The third-order valence-corrected chi connectivity index (χ3v) is 2.91. The highest BCUT2D eigenvalue weighted by atomic mass is 16.5. The summed E-state index contributed by atoms with van der Waals surface area (Å²) in [6.45, 7) is 4.13. The Kier molecular flexibility index (Phi) is 3.55. The van der Waals surface area contributed by atoms with Crippen LogP contribution in [-0.4, -0.2) is 16.7 Å². The molecule has 0 atom stereocenters. The maximum atomic E-state index is 11.9. The Morgan fingerprint density at radius 1 is 1.26 bits per heavy atom. The molecule has 0 fully saturated rings. The van der Waals surface area contributed by atoms with Crippen molar-refractivity contribution >= 4 is 5.69 Å². The molecule has 5 heteroatoms. The van der Waals surface area contributed by atoms with E-state index in [9.17, 15) is 4.79 Å². The van der Waals surface area contributed by atoms with Gasteiger partial charge in [0, 0.05) is 23.1 Å². The summed E-state index contributed by atoms with van der Waals surface area (Å²) in [5, 5.41) is 0. The fourth-order valence-corrected chi connectivity index (χ4v) is 2.04. The van der Waals surface area contributed by atoms with Gasteiger partial charge in [0.15, 0.2) is 0 Å². The molecule has 100 valence electrons. The number of nitrogen functional groups attached to an aromatic ring is 1. The number of ether oxygens (including phenoxy) is 1. The summed E-state index contributed by atoms with van der Waals surface area (Å²) in [6.07, 6.45) is 0. The third-order valence-electron chi connectivity index (χ3n) is 2.91. The number of benzene rings is 1. The van der Waals surface area contributed by atoms with E-state index in [4.69, 9.17) is 10.5 Å². The maximum Gasteiger partial charge on any atom is 0.348 e. The summed E-state index contributed by atoms with van der Waals surface area (Å²) >= 11 is 0. The number of nitrogens with zero attached hydrogens (tertiary/aromatic N) is 2. The lowest BCUT2D eigenvalue weighted by atomic mass is 10.2. The van der Waals surface area contributed by atoms with E-state index in [1.165, 1.54) is 0 Å². The summed E-state index contributed by atoms with van der Waals surface area (Å²) in [7, 11) is 1.59. The first-order chi connectivity index (χ1) is 8.99. The second kappa shape index (κ2) is 5.14. The number of aromatic nitrogens is 2. The molecule has 2 rings (SSSR count). The Hall–Kier alpha value is -2.30. The van der Waals surface area contributed by atoms with Crippen molar-refractivity contribution in [3.05, 3.63) is 51.7 Å². The van der Waals surface area contributed by atoms with Crippen molar-refractivity contribution in [1.82, 2.24) is 9.55 Å². The molecule has 0 radical (unpaired) electrons. The van der Waals surface area contributed by atoms with Crippen molar-refractivity contribution in [3.63, 3.8) is 0 Å². The molecule has 0 saturated carbocycles. The molecule has 0 aliphatic heterocycles. The van der Waals surface area contributed by atoms with Crippen LogP contribution in [0.15, 0.2) is 29.1 Å². The van der Waals surface area contributed by atoms with Crippen LogP contribution in [0.25, 0.3) is 0 Å². The first-order valence-electron chi connectivity index (χ1n) is 5.98. The minimum absolute atomic E-state index is 0.251. The Morgan fingerprint density at radius 2 is 2.00 bits per heavy atom. The van der Waals surface area contributed by atoms with Gasteiger partial charge in [0.1, 0.15) is 5.75 Å². The van der Waals surface area contributed by atoms with Crippen LogP contribution in [-0.2, 0) is 6.54 Å². The van der Waals surface area contributed by atoms with Gasteiger partial charge in [-0.1, -0.05) is 0 Å². The smallest absolute Gasteiger partial charge is 0.348 e. The molecule has 5 nitrogen and oxygen atoms in total. The molecule has 0 spiro atoms. The highest BCUT2D eigenvalue weighted by molar-refractivity contribution is 5.47. The fraction of sp³-hybridized carbons (Fsp3) is 0.286. The van der Waals surface area contributed by atoms with E-state index in [2.05, 4.69) is 4.98 Å². The minimum atomic E-state index is -0.251. The lowest BCUT2D eigenvalue weighted by Gasteiger charge is -2.11. The number of hydrogen-bond acceptors (Lipinski definition) is 4. The van der Waals surface area contributed by atoms with Crippen LogP contribution in [0, 0.1) is 13.8 Å². The molecule has 0 aliphatic carbocycles. The van der Waals surface area contributed by atoms with Gasteiger partial charge < -0.3 is 10.5 Å². The van der Waals surface area contributed by atoms with Crippen molar-refractivity contribution in [1.29, 1.82) is 0 Å². The normalized spacial score (nSPS) is 10.5. The summed E-state index contributed by atoms with van der Waals surface area (Å²) in [5.74, 6) is 0.681. The molecule has 0 unspecified atom stereocenters. The van der Waals surface area contributed by atoms with E-state index in [0.717, 1.165) is 17.0 Å². The highest BCUT2D eigenvalue weighted by Crippen LogP contribution is 2.19. The average Bonchev–Trinajstić information content (AvgIpc) is 2.33. The average molecular weight is 259 g/mol. The predicted molar refractivity (Wildman–Crippen MR) is 74.5 cm³/mol. The van der Waals surface area contributed by atoms with Crippen LogP contribution in [0.1, 0.15) is 17.0 Å². The molecule has 0 amide bonds. The summed E-state index contributed by atoms with van der Waals surface area (Å²) in [5.41, 5.74) is 8.68. The zero-order valence-corrected chi connectivity index (χ0v) is 11.3. The topological polar surface area (TPSA) is 70.1 Å². The molecule has 2 aromatic rings. The number of methoxy groups -OCH3 is 1. The Labute approximate surface area is 111 Å². The van der Waals surface area contributed by atoms with Gasteiger partial charge in [-0.25, -0.2) is 4.79 Å². The zero-order valence-electron chi connectivity index (χ0n) is 11.3. The fourth-order valence-electron chi connectivity index (χ4n) is 2.04. The summed E-state index contributed by atoms with van der Waals surface area (Å²) in [4.78, 5) is 15.8. The number of hydrogen-bond donors (Lipinski definition) is 1. The molecule has 1 aromatic carbocycles. The molecule has 0 saturated heterocycles. The van der Waals surface area contributed by atoms with Crippen LogP contribution in [0.5, 0.6) is 5.75 Å². The monoisotopic (exact) mass is 259 g/mol. The number of rotatable bonds is 3. The number of anilines is 1. The molecule has 19 heavy (non-hydrogen) atoms. The van der Waals surface area contributed by atoms with Crippen molar-refractivity contribution in [2.75, 3.05) is 12.8 Å². The molecule has 0 bridgehead atoms. The van der Waals surface area contributed by atoms with Gasteiger partial charge in [-0.3, -0.25) is 4.57 Å². The van der Waals surface area contributed by atoms with Gasteiger partial charge >= 0.3 is 5.69 Å². The van der Waals surface area contributed by atoms with Crippen LogP contribution < -0.4 is 16.2 Å². The summed E-state index contributed by atoms with van der Waals surface area (Å²) in [6, 6.07) is 7.31.